The van der Waals surface area contributed by atoms with E-state index in [9.17, 15) is 4.79 Å². The molecule has 1 aromatic heterocycles. The molecule has 0 aromatic carbocycles. The normalized spacial score (nSPS) is 22.9. The number of likely N-dealkylation sites (tertiary alicyclic amines) is 1. The van der Waals surface area contributed by atoms with E-state index in [2.05, 4.69) is 18.8 Å². The van der Waals surface area contributed by atoms with E-state index in [-0.39, 0.29) is 17.6 Å². The lowest BCUT2D eigenvalue weighted by atomic mass is 9.84. The lowest BCUT2D eigenvalue weighted by Crippen LogP contribution is -2.67. The molecule has 1 amide bonds. The highest BCUT2D eigenvalue weighted by atomic mass is 16.5. The Morgan fingerprint density at radius 2 is 2.30 bits per heavy atom. The van der Waals surface area contributed by atoms with Crippen LogP contribution in [0, 0.1) is 5.92 Å². The van der Waals surface area contributed by atoms with Crippen LogP contribution >= 0.6 is 0 Å². The first-order valence-corrected chi connectivity index (χ1v) is 8.56. The van der Waals surface area contributed by atoms with E-state index in [0.717, 1.165) is 19.3 Å². The molecule has 3 heterocycles. The van der Waals surface area contributed by atoms with E-state index in [0.29, 0.717) is 37.9 Å². The van der Waals surface area contributed by atoms with Gasteiger partial charge in [0.1, 0.15) is 11.7 Å². The van der Waals surface area contributed by atoms with E-state index in [1.54, 1.807) is 6.20 Å². The fourth-order valence-corrected chi connectivity index (χ4v) is 3.29. The first kappa shape index (κ1) is 16.2. The number of ether oxygens (including phenoxy) is 2. The standard InChI is InChI=1S/C18H26N2O3/c1-14(2)6-7-17(21)20-12-18(13-20)11-15(8-10-22-18)23-16-5-3-4-9-19-16/h3-5,9,14-15H,6-8,10-13H2,1-2H3. The highest BCUT2D eigenvalue weighted by Crippen LogP contribution is 2.36. The number of pyridine rings is 1. The largest absolute Gasteiger partial charge is 0.474 e. The van der Waals surface area contributed by atoms with Gasteiger partial charge in [0.05, 0.1) is 19.7 Å². The van der Waals surface area contributed by atoms with E-state index in [1.165, 1.54) is 0 Å². The SMILES string of the molecule is CC(C)CCC(=O)N1CC2(CC(Oc3ccccn3)CCO2)C1. The van der Waals surface area contributed by atoms with Crippen LogP contribution in [0.15, 0.2) is 24.4 Å². The molecule has 0 saturated carbocycles. The summed E-state index contributed by atoms with van der Waals surface area (Å²) >= 11 is 0. The summed E-state index contributed by atoms with van der Waals surface area (Å²) in [5, 5.41) is 0. The van der Waals surface area contributed by atoms with Gasteiger partial charge in [0.2, 0.25) is 11.8 Å². The van der Waals surface area contributed by atoms with Gasteiger partial charge < -0.3 is 14.4 Å². The maximum Gasteiger partial charge on any atom is 0.222 e. The van der Waals surface area contributed by atoms with Crippen molar-refractivity contribution in [2.24, 2.45) is 5.92 Å². The third-order valence-electron chi connectivity index (χ3n) is 4.62. The van der Waals surface area contributed by atoms with Crippen molar-refractivity contribution in [3.63, 3.8) is 0 Å². The van der Waals surface area contributed by atoms with Crippen LogP contribution in [0.5, 0.6) is 5.88 Å². The van der Waals surface area contributed by atoms with Crippen molar-refractivity contribution in [2.75, 3.05) is 19.7 Å². The zero-order chi connectivity index (χ0) is 16.3. The number of carbonyl (C=O) groups excluding carboxylic acids is 1. The number of amides is 1. The number of hydrogen-bond acceptors (Lipinski definition) is 4. The average molecular weight is 318 g/mol. The van der Waals surface area contributed by atoms with E-state index >= 15 is 0 Å². The number of rotatable bonds is 5. The number of aromatic nitrogens is 1. The highest BCUT2D eigenvalue weighted by molar-refractivity contribution is 5.77. The summed E-state index contributed by atoms with van der Waals surface area (Å²) in [5.74, 6) is 1.48. The quantitative estimate of drug-likeness (QED) is 0.837. The third-order valence-corrected chi connectivity index (χ3v) is 4.62. The van der Waals surface area contributed by atoms with Crippen molar-refractivity contribution in [2.45, 2.75) is 51.2 Å². The van der Waals surface area contributed by atoms with Crippen molar-refractivity contribution >= 4 is 5.91 Å². The Morgan fingerprint density at radius 3 is 3.00 bits per heavy atom. The average Bonchev–Trinajstić information content (AvgIpc) is 2.51. The molecule has 23 heavy (non-hydrogen) atoms. The molecule has 2 aliphatic rings. The van der Waals surface area contributed by atoms with Crippen LogP contribution in [-0.2, 0) is 9.53 Å². The topological polar surface area (TPSA) is 51.7 Å². The van der Waals surface area contributed by atoms with Gasteiger partial charge in [-0.15, -0.1) is 0 Å². The molecule has 5 heteroatoms. The molecule has 1 unspecified atom stereocenters. The first-order valence-electron chi connectivity index (χ1n) is 8.56. The molecule has 0 aliphatic carbocycles. The molecule has 0 radical (unpaired) electrons. The van der Waals surface area contributed by atoms with Crippen LogP contribution in [0.1, 0.15) is 39.5 Å². The minimum absolute atomic E-state index is 0.117. The summed E-state index contributed by atoms with van der Waals surface area (Å²) in [7, 11) is 0. The second-order valence-electron chi connectivity index (χ2n) is 7.11. The van der Waals surface area contributed by atoms with Crippen molar-refractivity contribution in [3.05, 3.63) is 24.4 Å². The van der Waals surface area contributed by atoms with E-state index < -0.39 is 0 Å². The molecule has 1 atom stereocenters. The molecule has 5 nitrogen and oxygen atoms in total. The van der Waals surface area contributed by atoms with E-state index in [1.807, 2.05) is 23.1 Å². The number of carbonyl (C=O) groups is 1. The van der Waals surface area contributed by atoms with Gasteiger partial charge >= 0.3 is 0 Å². The summed E-state index contributed by atoms with van der Waals surface area (Å²) in [6, 6.07) is 5.69. The van der Waals surface area contributed by atoms with Gasteiger partial charge in [0.25, 0.3) is 0 Å². The Kier molecular flexibility index (Phi) is 4.85. The molecule has 3 rings (SSSR count). The molecule has 126 valence electrons. The van der Waals surface area contributed by atoms with Gasteiger partial charge in [-0.3, -0.25) is 4.79 Å². The zero-order valence-electron chi connectivity index (χ0n) is 14.0. The minimum atomic E-state index is -0.203. The van der Waals surface area contributed by atoms with Gasteiger partial charge in [-0.05, 0) is 18.4 Å². The van der Waals surface area contributed by atoms with Crippen LogP contribution in [-0.4, -0.2) is 47.2 Å². The first-order chi connectivity index (χ1) is 11.1. The second kappa shape index (κ2) is 6.87. The zero-order valence-corrected chi connectivity index (χ0v) is 14.0. The van der Waals surface area contributed by atoms with Crippen LogP contribution in [0.25, 0.3) is 0 Å². The molecule has 0 N–H and O–H groups in total. The van der Waals surface area contributed by atoms with Gasteiger partial charge in [-0.1, -0.05) is 19.9 Å². The fourth-order valence-electron chi connectivity index (χ4n) is 3.29. The predicted molar refractivity (Wildman–Crippen MR) is 87.2 cm³/mol. The van der Waals surface area contributed by atoms with Gasteiger partial charge in [-0.2, -0.15) is 0 Å². The van der Waals surface area contributed by atoms with Gasteiger partial charge in [0.15, 0.2) is 0 Å². The fraction of sp³-hybridized carbons (Fsp3) is 0.667. The minimum Gasteiger partial charge on any atom is -0.474 e. The summed E-state index contributed by atoms with van der Waals surface area (Å²) in [5.41, 5.74) is -0.203. The Bertz CT molecular complexity index is 526. The smallest absolute Gasteiger partial charge is 0.222 e. The molecule has 0 bridgehead atoms. The molecule has 1 spiro atoms. The van der Waals surface area contributed by atoms with Crippen molar-refractivity contribution in [3.8, 4) is 5.88 Å². The summed E-state index contributed by atoms with van der Waals surface area (Å²) in [4.78, 5) is 18.3. The second-order valence-corrected chi connectivity index (χ2v) is 7.11. The summed E-state index contributed by atoms with van der Waals surface area (Å²) < 4.78 is 11.9. The molecule has 2 saturated heterocycles. The lowest BCUT2D eigenvalue weighted by Gasteiger charge is -2.53. The van der Waals surface area contributed by atoms with Crippen LogP contribution in [0.4, 0.5) is 0 Å². The molecular formula is C18H26N2O3. The molecule has 2 aliphatic heterocycles. The lowest BCUT2D eigenvalue weighted by molar-refractivity contribution is -0.193. The van der Waals surface area contributed by atoms with E-state index in [4.69, 9.17) is 9.47 Å². The molecule has 1 aromatic rings. The summed E-state index contributed by atoms with van der Waals surface area (Å²) in [6.07, 6.45) is 5.16. The number of nitrogens with zero attached hydrogens (tertiary/aromatic N) is 2. The maximum absolute atomic E-state index is 12.2. The van der Waals surface area contributed by atoms with Crippen molar-refractivity contribution in [1.29, 1.82) is 0 Å². The maximum atomic E-state index is 12.2. The highest BCUT2D eigenvalue weighted by Gasteiger charge is 2.49. The van der Waals surface area contributed by atoms with Crippen molar-refractivity contribution < 1.29 is 14.3 Å². The molecular weight excluding hydrogens is 292 g/mol. The Hall–Kier alpha value is -1.62. The Morgan fingerprint density at radius 1 is 1.48 bits per heavy atom. The number of hydrogen-bond donors (Lipinski definition) is 0. The molecule has 2 fully saturated rings. The Labute approximate surface area is 138 Å². The van der Waals surface area contributed by atoms with Crippen LogP contribution in [0.2, 0.25) is 0 Å². The monoisotopic (exact) mass is 318 g/mol. The van der Waals surface area contributed by atoms with Crippen LogP contribution in [0.3, 0.4) is 0 Å². The van der Waals surface area contributed by atoms with Crippen molar-refractivity contribution in [1.82, 2.24) is 9.88 Å². The third kappa shape index (κ3) is 4.02. The predicted octanol–water partition coefficient (Wildman–Crippen LogP) is 2.66. The van der Waals surface area contributed by atoms with Gasteiger partial charge in [-0.25, -0.2) is 4.98 Å². The van der Waals surface area contributed by atoms with Crippen LogP contribution < -0.4 is 4.74 Å². The van der Waals surface area contributed by atoms with Gasteiger partial charge in [0, 0.05) is 31.5 Å². The summed E-state index contributed by atoms with van der Waals surface area (Å²) in [6.45, 7) is 6.38. The Balaban J connectivity index is 1.49.